The van der Waals surface area contributed by atoms with Crippen LogP contribution in [-0.2, 0) is 62.4 Å². The minimum atomic E-state index is -1.09. The number of aliphatic hydroxyl groups is 1. The number of benzene rings is 2. The van der Waals surface area contributed by atoms with Crippen molar-refractivity contribution in [2.75, 3.05) is 26.9 Å². The molecular weight excluding hydrogens is 766 g/mol. The van der Waals surface area contributed by atoms with Gasteiger partial charge in [-0.25, -0.2) is 9.69 Å². The summed E-state index contributed by atoms with van der Waals surface area (Å²) < 4.78 is 48.8. The third kappa shape index (κ3) is 10.4. The number of amides is 2. The molecule has 8 atom stereocenters. The number of aliphatic hydroxyl groups excluding tert-OH is 1. The molecule has 1 N–H and O–H groups in total. The largest absolute Gasteiger partial charge is 0.461 e. The van der Waals surface area contributed by atoms with Crippen LogP contribution in [0.1, 0.15) is 62.9 Å². The number of nitrogens with zero attached hydrogens (tertiary/aromatic N) is 1. The van der Waals surface area contributed by atoms with Crippen LogP contribution in [0, 0.1) is 11.8 Å². The van der Waals surface area contributed by atoms with Gasteiger partial charge in [0.1, 0.15) is 42.5 Å². The summed E-state index contributed by atoms with van der Waals surface area (Å²) in [5.41, 5.74) is 1.92. The maximum absolute atomic E-state index is 13.6. The smallest absolute Gasteiger partial charge is 0.416 e. The molecule has 0 saturated carbocycles. The maximum Gasteiger partial charge on any atom is 0.416 e. The normalized spacial score (nSPS) is 24.0. The van der Waals surface area contributed by atoms with E-state index in [4.69, 9.17) is 37.6 Å². The minimum Gasteiger partial charge on any atom is -0.461 e. The average molecular weight is 817 g/mol. The van der Waals surface area contributed by atoms with E-state index >= 15 is 0 Å². The van der Waals surface area contributed by atoms with Crippen LogP contribution in [0.3, 0.4) is 0 Å². The van der Waals surface area contributed by atoms with Crippen molar-refractivity contribution in [3.05, 3.63) is 93.9 Å². The molecule has 5 rings (SSSR count). The number of carbonyl (C=O) groups is 3. The molecule has 13 nitrogen and oxygen atoms in total. The van der Waals surface area contributed by atoms with Crippen molar-refractivity contribution >= 4 is 33.9 Å². The molecule has 14 heteroatoms. The Morgan fingerprint density at radius 1 is 0.944 bits per heavy atom. The number of furan rings is 1. The van der Waals surface area contributed by atoms with Crippen LogP contribution in [0.25, 0.3) is 0 Å². The number of rotatable bonds is 18. The van der Waals surface area contributed by atoms with E-state index in [1.807, 2.05) is 74.5 Å². The molecule has 2 amide bonds. The first-order chi connectivity index (χ1) is 26.0. The molecule has 2 aromatic carbocycles. The SMILES string of the molecule is CO[C@H]1O[C@H](CO)[C@@H](OCc2ccccc2)[C@H](OCc2ccccc2)[C@@H]1OCCCc1oc([C@@H](OC(C)=O)[C@H](C)C(=O)N2C(=O)OC[C@@H]2C(C)C)cc1Br. The van der Waals surface area contributed by atoms with E-state index in [-0.39, 0.29) is 44.7 Å². The number of halogens is 1. The molecule has 54 heavy (non-hydrogen) atoms. The third-order valence-corrected chi connectivity index (χ3v) is 10.2. The van der Waals surface area contributed by atoms with E-state index in [9.17, 15) is 19.5 Å². The molecule has 0 bridgehead atoms. The molecule has 0 aliphatic carbocycles. The van der Waals surface area contributed by atoms with Gasteiger partial charge in [-0.2, -0.15) is 0 Å². The summed E-state index contributed by atoms with van der Waals surface area (Å²) in [4.78, 5) is 39.4. The van der Waals surface area contributed by atoms with Crippen LogP contribution in [0.5, 0.6) is 0 Å². The number of cyclic esters (lactones) is 1. The highest BCUT2D eigenvalue weighted by molar-refractivity contribution is 9.10. The highest BCUT2D eigenvalue weighted by Gasteiger charge is 2.49. The molecule has 2 aliphatic rings. The summed E-state index contributed by atoms with van der Waals surface area (Å²) in [6.45, 7) is 7.23. The first-order valence-corrected chi connectivity index (χ1v) is 19.0. The number of hydrogen-bond donors (Lipinski definition) is 1. The van der Waals surface area contributed by atoms with E-state index in [0.717, 1.165) is 16.0 Å². The summed E-state index contributed by atoms with van der Waals surface area (Å²) in [5, 5.41) is 10.3. The second-order valence-electron chi connectivity index (χ2n) is 13.8. The number of carbonyl (C=O) groups excluding carboxylic acids is 3. The lowest BCUT2D eigenvalue weighted by Crippen LogP contribution is -2.61. The molecule has 2 fully saturated rings. The molecule has 0 unspecified atom stereocenters. The lowest BCUT2D eigenvalue weighted by molar-refractivity contribution is -0.319. The van der Waals surface area contributed by atoms with E-state index in [0.29, 0.717) is 23.1 Å². The summed E-state index contributed by atoms with van der Waals surface area (Å²) in [6, 6.07) is 20.7. The Morgan fingerprint density at radius 3 is 2.15 bits per heavy atom. The molecule has 3 aromatic rings. The second-order valence-corrected chi connectivity index (χ2v) is 14.6. The predicted molar refractivity (Wildman–Crippen MR) is 198 cm³/mol. The predicted octanol–water partition coefficient (Wildman–Crippen LogP) is 6.14. The molecule has 2 saturated heterocycles. The number of methoxy groups -OCH3 is 1. The van der Waals surface area contributed by atoms with Gasteiger partial charge in [-0.05, 0) is 52.4 Å². The van der Waals surface area contributed by atoms with Gasteiger partial charge in [-0.1, -0.05) is 74.5 Å². The zero-order valence-corrected chi connectivity index (χ0v) is 32.8. The van der Waals surface area contributed by atoms with Crippen molar-refractivity contribution in [2.24, 2.45) is 11.8 Å². The van der Waals surface area contributed by atoms with Crippen LogP contribution in [-0.4, -0.2) is 91.7 Å². The van der Waals surface area contributed by atoms with Crippen LogP contribution in [0.2, 0.25) is 0 Å². The Hall–Kier alpha value is -3.63. The molecule has 3 heterocycles. The number of esters is 1. The standard InChI is InChI=1S/C40H50BrNO12/c1-24(2)30-23-51-40(46)42(30)38(45)25(3)34(52-26(4)44)32-19-29(41)31(53-32)17-12-18-48-37-36(50-22-28-15-10-7-11-16-28)35(33(20-43)54-39(37)47-5)49-21-27-13-8-6-9-14-27/h6-11,13-16,19,24-25,30,33-37,39,43H,12,17-18,20-23H2,1-5H3/t25-,30+,33+,34-,35+,36-,37-,39-/m0/s1. The molecule has 0 spiro atoms. The lowest BCUT2D eigenvalue weighted by Gasteiger charge is -2.45. The minimum absolute atomic E-state index is 0.0276. The topological polar surface area (TPSA) is 152 Å². The Kier molecular flexibility index (Phi) is 15.2. The lowest BCUT2D eigenvalue weighted by atomic mass is 9.98. The van der Waals surface area contributed by atoms with Crippen molar-refractivity contribution in [3.63, 3.8) is 0 Å². The summed E-state index contributed by atoms with van der Waals surface area (Å²) >= 11 is 3.56. The van der Waals surface area contributed by atoms with E-state index in [2.05, 4.69) is 15.9 Å². The van der Waals surface area contributed by atoms with Crippen LogP contribution >= 0.6 is 15.9 Å². The number of aryl methyl sites for hydroxylation is 1. The third-order valence-electron chi connectivity index (χ3n) is 9.54. The van der Waals surface area contributed by atoms with Gasteiger partial charge in [0.25, 0.3) is 0 Å². The second kappa shape index (κ2) is 19.8. The molecule has 2 aliphatic heterocycles. The van der Waals surface area contributed by atoms with Crippen molar-refractivity contribution in [1.82, 2.24) is 4.90 Å². The Balaban J connectivity index is 1.28. The Morgan fingerprint density at radius 2 is 1.57 bits per heavy atom. The van der Waals surface area contributed by atoms with Gasteiger partial charge in [0, 0.05) is 27.1 Å². The molecule has 294 valence electrons. The van der Waals surface area contributed by atoms with Crippen molar-refractivity contribution in [2.45, 2.75) is 96.6 Å². The summed E-state index contributed by atoms with van der Waals surface area (Å²) in [5.74, 6) is -1.29. The first-order valence-electron chi connectivity index (χ1n) is 18.2. The van der Waals surface area contributed by atoms with Gasteiger partial charge in [0.2, 0.25) is 5.91 Å². The number of ether oxygens (including phenoxy) is 7. The number of hydrogen-bond acceptors (Lipinski definition) is 12. The maximum atomic E-state index is 13.6. The van der Waals surface area contributed by atoms with Gasteiger partial charge in [0.15, 0.2) is 12.4 Å². The van der Waals surface area contributed by atoms with Crippen LogP contribution in [0.15, 0.2) is 75.6 Å². The molecule has 0 radical (unpaired) electrons. The van der Waals surface area contributed by atoms with E-state index in [1.165, 1.54) is 14.0 Å². The average Bonchev–Trinajstić information content (AvgIpc) is 3.75. The van der Waals surface area contributed by atoms with E-state index < -0.39 is 66.7 Å². The van der Waals surface area contributed by atoms with Gasteiger partial charge >= 0.3 is 12.1 Å². The summed E-state index contributed by atoms with van der Waals surface area (Å²) in [6.07, 6.45) is -4.56. The Labute approximate surface area is 324 Å². The van der Waals surface area contributed by atoms with Crippen molar-refractivity contribution in [1.29, 1.82) is 0 Å². The van der Waals surface area contributed by atoms with E-state index in [1.54, 1.807) is 13.0 Å². The molecule has 1 aromatic heterocycles. The quantitative estimate of drug-likeness (QED) is 0.116. The Bertz CT molecular complexity index is 1650. The van der Waals surface area contributed by atoms with Gasteiger partial charge in [-0.3, -0.25) is 9.59 Å². The van der Waals surface area contributed by atoms with Gasteiger partial charge in [0.05, 0.1) is 36.3 Å². The summed E-state index contributed by atoms with van der Waals surface area (Å²) in [7, 11) is 1.51. The zero-order valence-electron chi connectivity index (χ0n) is 31.3. The van der Waals surface area contributed by atoms with Gasteiger partial charge in [-0.15, -0.1) is 0 Å². The van der Waals surface area contributed by atoms with Crippen molar-refractivity contribution < 1.29 is 57.1 Å². The highest BCUT2D eigenvalue weighted by Crippen LogP contribution is 2.36. The fourth-order valence-corrected chi connectivity index (χ4v) is 7.12. The zero-order chi connectivity index (χ0) is 38.8. The number of imide groups is 1. The highest BCUT2D eigenvalue weighted by atomic mass is 79.9. The fourth-order valence-electron chi connectivity index (χ4n) is 6.62. The fraction of sp³-hybridized carbons (Fsp3) is 0.525. The molecular formula is C40H50BrNO12. The van der Waals surface area contributed by atoms with Crippen LogP contribution in [0.4, 0.5) is 4.79 Å². The van der Waals surface area contributed by atoms with Crippen LogP contribution < -0.4 is 0 Å². The monoisotopic (exact) mass is 815 g/mol. The van der Waals surface area contributed by atoms with Gasteiger partial charge < -0.3 is 42.7 Å². The van der Waals surface area contributed by atoms with Crippen molar-refractivity contribution in [3.8, 4) is 0 Å². The first kappa shape index (κ1) is 41.5.